The fourth-order valence-electron chi connectivity index (χ4n) is 11.8. The van der Waals surface area contributed by atoms with Crippen LogP contribution in [0.5, 0.6) is 11.5 Å². The van der Waals surface area contributed by atoms with Gasteiger partial charge < -0.3 is 14.2 Å². The van der Waals surface area contributed by atoms with Crippen molar-refractivity contribution in [1.29, 1.82) is 0 Å². The van der Waals surface area contributed by atoms with Gasteiger partial charge in [0.1, 0.15) is 23.6 Å². The molecule has 6 heteroatoms. The second-order valence-corrected chi connectivity index (χ2v) is 20.3. The van der Waals surface area contributed by atoms with Crippen LogP contribution >= 0.6 is 0 Å². The molecule has 79 heavy (non-hydrogen) atoms. The highest BCUT2D eigenvalue weighted by molar-refractivity contribution is 6.15. The van der Waals surface area contributed by atoms with Crippen molar-refractivity contribution in [3.8, 4) is 56.0 Å². The second kappa shape index (κ2) is 21.8. The first-order chi connectivity index (χ1) is 39.0. The SMILES string of the molecule is CC(=O)OC1CCOc2c(cc3ccccc3c2-c2c(-c3ccccc3)ccc3ccccc23)C=NC(c2ccccc2)[C@H](c2ccccc2)N=Cc2cc3ccccc3c(-c3c(-c4ccccc4)ccc4c3CC=CC4)c2O1. The molecule has 13 rings (SSSR count). The number of fused-ring (bicyclic) bond motifs is 6. The molecule has 0 fully saturated rings. The molecule has 2 unspecified atom stereocenters. The van der Waals surface area contributed by atoms with E-state index in [0.717, 1.165) is 112 Å². The summed E-state index contributed by atoms with van der Waals surface area (Å²) in [4.78, 5) is 24.9. The third-order valence-corrected chi connectivity index (χ3v) is 15.4. The van der Waals surface area contributed by atoms with Gasteiger partial charge in [-0.3, -0.25) is 14.8 Å². The summed E-state index contributed by atoms with van der Waals surface area (Å²) >= 11 is 0. The van der Waals surface area contributed by atoms with Crippen molar-refractivity contribution < 1.29 is 19.0 Å². The Hall–Kier alpha value is -9.65. The Kier molecular flexibility index (Phi) is 13.5. The molecular weight excluding hydrogens is 969 g/mol. The average molecular weight is 1030 g/mol. The van der Waals surface area contributed by atoms with Gasteiger partial charge in [0.25, 0.3) is 0 Å². The fraction of sp³-hybridized carbons (Fsp3) is 0.110. The predicted molar refractivity (Wildman–Crippen MR) is 324 cm³/mol. The Balaban J connectivity index is 1.10. The van der Waals surface area contributed by atoms with Gasteiger partial charge in [0.15, 0.2) is 0 Å². The molecule has 1 heterocycles. The topological polar surface area (TPSA) is 69.5 Å². The van der Waals surface area contributed by atoms with Gasteiger partial charge in [-0.2, -0.15) is 0 Å². The highest BCUT2D eigenvalue weighted by atomic mass is 16.7. The van der Waals surface area contributed by atoms with Crippen LogP contribution in [0.2, 0.25) is 0 Å². The molecule has 0 bridgehead atoms. The second-order valence-electron chi connectivity index (χ2n) is 20.3. The predicted octanol–water partition coefficient (Wildman–Crippen LogP) is 17.5. The lowest BCUT2D eigenvalue weighted by molar-refractivity contribution is -0.162. The van der Waals surface area contributed by atoms with E-state index in [2.05, 4.69) is 231 Å². The Morgan fingerprint density at radius 2 is 0.937 bits per heavy atom. The zero-order chi connectivity index (χ0) is 53.1. The van der Waals surface area contributed by atoms with E-state index in [1.807, 2.05) is 24.6 Å². The summed E-state index contributed by atoms with van der Waals surface area (Å²) < 4.78 is 21.2. The van der Waals surface area contributed by atoms with E-state index in [4.69, 9.17) is 24.2 Å². The molecule has 0 radical (unpaired) electrons. The van der Waals surface area contributed by atoms with Crippen molar-refractivity contribution >= 4 is 50.7 Å². The minimum absolute atomic E-state index is 0.122. The molecule has 0 amide bonds. The van der Waals surface area contributed by atoms with E-state index in [9.17, 15) is 4.79 Å². The number of nitrogens with zero attached hydrogens (tertiary/aromatic N) is 2. The number of esters is 1. The Morgan fingerprint density at radius 3 is 1.52 bits per heavy atom. The Morgan fingerprint density at radius 1 is 0.468 bits per heavy atom. The van der Waals surface area contributed by atoms with Gasteiger partial charge >= 0.3 is 5.97 Å². The summed E-state index contributed by atoms with van der Waals surface area (Å²) in [5.41, 5.74) is 14.3. The number of hydrogen-bond donors (Lipinski definition) is 0. The number of hydrogen-bond acceptors (Lipinski definition) is 6. The van der Waals surface area contributed by atoms with Gasteiger partial charge in [-0.1, -0.05) is 231 Å². The lowest BCUT2D eigenvalue weighted by Crippen LogP contribution is -2.26. The maximum atomic E-state index is 13.5. The van der Waals surface area contributed by atoms with Gasteiger partial charge in [-0.15, -0.1) is 0 Å². The molecule has 6 nitrogen and oxygen atoms in total. The van der Waals surface area contributed by atoms with Crippen LogP contribution in [0.15, 0.2) is 253 Å². The Bertz CT molecular complexity index is 4150. The first-order valence-electron chi connectivity index (χ1n) is 27.2. The van der Waals surface area contributed by atoms with Gasteiger partial charge in [0, 0.05) is 47.2 Å². The minimum Gasteiger partial charge on any atom is -0.492 e. The normalized spacial score (nSPS) is 16.2. The minimum atomic E-state index is -1.07. The number of benzene rings is 11. The molecule has 11 aromatic carbocycles. The highest BCUT2D eigenvalue weighted by Gasteiger charge is 2.30. The summed E-state index contributed by atoms with van der Waals surface area (Å²) in [5.74, 6) is 0.748. The van der Waals surface area contributed by atoms with Crippen LogP contribution in [0.1, 0.15) is 58.8 Å². The molecule has 0 saturated heterocycles. The van der Waals surface area contributed by atoms with E-state index in [1.165, 1.54) is 18.1 Å². The zero-order valence-electron chi connectivity index (χ0n) is 43.8. The number of ether oxygens (including phenoxy) is 3. The van der Waals surface area contributed by atoms with Gasteiger partial charge in [0.05, 0.1) is 13.0 Å². The van der Waals surface area contributed by atoms with Crippen molar-refractivity contribution in [2.75, 3.05) is 6.61 Å². The van der Waals surface area contributed by atoms with Crippen LogP contribution in [0, 0.1) is 0 Å². The fourth-order valence-corrected chi connectivity index (χ4v) is 11.8. The molecule has 3 atom stereocenters. The smallest absolute Gasteiger partial charge is 0.305 e. The largest absolute Gasteiger partial charge is 0.492 e. The summed E-state index contributed by atoms with van der Waals surface area (Å²) in [6.45, 7) is 1.56. The van der Waals surface area contributed by atoms with Crippen LogP contribution in [-0.4, -0.2) is 31.3 Å². The van der Waals surface area contributed by atoms with Crippen LogP contribution in [0.4, 0.5) is 0 Å². The molecule has 11 aromatic rings. The van der Waals surface area contributed by atoms with E-state index >= 15 is 0 Å². The summed E-state index contributed by atoms with van der Waals surface area (Å²) in [7, 11) is 0. The number of carbonyl (C=O) groups excluding carboxylic acids is 1. The van der Waals surface area contributed by atoms with E-state index < -0.39 is 24.3 Å². The van der Waals surface area contributed by atoms with Crippen LogP contribution < -0.4 is 9.47 Å². The lowest BCUT2D eigenvalue weighted by atomic mass is 9.81. The first kappa shape index (κ1) is 49.0. The number of aliphatic imine (C=N–C) groups is 2. The average Bonchev–Trinajstić information content (AvgIpc) is 3.67. The zero-order valence-corrected chi connectivity index (χ0v) is 43.8. The van der Waals surface area contributed by atoms with Crippen molar-refractivity contribution in [3.05, 3.63) is 276 Å². The van der Waals surface area contributed by atoms with Gasteiger partial charge in [-0.25, -0.2) is 0 Å². The van der Waals surface area contributed by atoms with E-state index in [-0.39, 0.29) is 13.0 Å². The maximum Gasteiger partial charge on any atom is 0.305 e. The third-order valence-electron chi connectivity index (χ3n) is 15.4. The molecule has 0 N–H and O–H groups in total. The summed E-state index contributed by atoms with van der Waals surface area (Å²) in [6, 6.07) is 79.8. The van der Waals surface area contributed by atoms with Crippen LogP contribution in [0.3, 0.4) is 0 Å². The van der Waals surface area contributed by atoms with E-state index in [0.29, 0.717) is 11.5 Å². The molecule has 0 saturated carbocycles. The first-order valence-corrected chi connectivity index (χ1v) is 27.2. The van der Waals surface area contributed by atoms with Crippen LogP contribution in [-0.2, 0) is 22.4 Å². The molecule has 0 aromatic heterocycles. The van der Waals surface area contributed by atoms with Crippen molar-refractivity contribution in [3.63, 3.8) is 0 Å². The number of allylic oxidation sites excluding steroid dienone is 2. The molecule has 1 aliphatic carbocycles. The monoisotopic (exact) mass is 1020 g/mol. The summed E-state index contributed by atoms with van der Waals surface area (Å²) in [6.07, 6.45) is 9.12. The van der Waals surface area contributed by atoms with Crippen molar-refractivity contribution in [1.82, 2.24) is 0 Å². The van der Waals surface area contributed by atoms with E-state index in [1.54, 1.807) is 0 Å². The number of rotatable bonds is 7. The van der Waals surface area contributed by atoms with Gasteiger partial charge in [-0.05, 0) is 107 Å². The Labute approximate surface area is 460 Å². The maximum absolute atomic E-state index is 13.5. The standard InChI is InChI=1S/C73H56N2O4/c1-48(76)78-65-42-43-77-72-57(44-55-32-16-20-36-61(55)68(72)66-59-34-18-14-26-51(59)38-40-63(66)49-22-6-2-7-23-49)46-74-70(53-28-10-4-11-29-53)71(54-30-12-5-13-31-54)75-47-58-45-56-33-17-21-37-62(56)69(73(58)79-65)67-60-35-19-15-27-52(60)39-41-64(67)50-24-8-3-9-25-50/h2-26,28-34,36-41,44-47,65,70-71H,27,35,42-43H2,1H3/t65?,70?,71-/m0/s1. The van der Waals surface area contributed by atoms with Crippen molar-refractivity contribution in [2.24, 2.45) is 9.98 Å². The molecule has 382 valence electrons. The lowest BCUT2D eigenvalue weighted by Gasteiger charge is -2.27. The molecular formula is C73H56N2O4. The highest BCUT2D eigenvalue weighted by Crippen LogP contribution is 2.50. The third kappa shape index (κ3) is 9.68. The molecule has 0 spiro atoms. The van der Waals surface area contributed by atoms with Gasteiger partial charge in [0.2, 0.25) is 6.29 Å². The number of carbonyl (C=O) groups is 1. The molecule has 2 aliphatic rings. The quantitative estimate of drug-likeness (QED) is 0.118. The van der Waals surface area contributed by atoms with Crippen molar-refractivity contribution in [2.45, 2.75) is 44.6 Å². The van der Waals surface area contributed by atoms with Crippen LogP contribution in [0.25, 0.3) is 76.8 Å². The molecule has 1 aliphatic heterocycles. The summed E-state index contributed by atoms with van der Waals surface area (Å²) in [5, 5.41) is 6.29.